The summed E-state index contributed by atoms with van der Waals surface area (Å²) < 4.78 is 1.49. The number of pyridine rings is 1. The molecule has 0 saturated heterocycles. The van der Waals surface area contributed by atoms with Crippen molar-refractivity contribution in [1.82, 2.24) is 19.6 Å². The second-order valence-corrected chi connectivity index (χ2v) is 7.43. The third-order valence-electron chi connectivity index (χ3n) is 4.90. The lowest BCUT2D eigenvalue weighted by atomic mass is 9.85. The average Bonchev–Trinajstić information content (AvgIpc) is 3.23. The maximum Gasteiger partial charge on any atom is 0.251 e. The highest BCUT2D eigenvalue weighted by Gasteiger charge is 2.32. The van der Waals surface area contributed by atoms with Crippen molar-refractivity contribution in [1.29, 1.82) is 0 Å². The molecule has 160 valence electrons. The number of nitrogens with zero attached hydrogens (tertiary/aromatic N) is 4. The largest absolute Gasteiger partial charge is 0.390 e. The first kappa shape index (κ1) is 23.1. The van der Waals surface area contributed by atoms with Crippen LogP contribution < -0.4 is 5.56 Å². The molecular weight excluding hydrogens is 391 g/mol. The van der Waals surface area contributed by atoms with Gasteiger partial charge in [-0.15, -0.1) is 0 Å². The van der Waals surface area contributed by atoms with Gasteiger partial charge in [-0.2, -0.15) is 15.0 Å². The van der Waals surface area contributed by atoms with Gasteiger partial charge in [-0.25, -0.2) is 0 Å². The molecule has 0 fully saturated rings. The first-order valence-corrected chi connectivity index (χ1v) is 9.33. The summed E-state index contributed by atoms with van der Waals surface area (Å²) in [6, 6.07) is 10.9. The standard InChI is InChI=1S/C21H24N4O4.FH/c1-21(2,29)18(19(27)14-26)8-12-24-11-7-16(13-20(24)28)15-3-5-17(6-4-15)25-22-9-10-23-25;/h3-7,9-11,13,18,26,29H,8,12,14H2,1-2H3;1H. The minimum atomic E-state index is -1.27. The van der Waals surface area contributed by atoms with Crippen LogP contribution in [0.2, 0.25) is 0 Å². The molecule has 1 atom stereocenters. The molecule has 1 unspecified atom stereocenters. The van der Waals surface area contributed by atoms with E-state index in [1.54, 1.807) is 18.6 Å². The number of rotatable bonds is 8. The normalized spacial score (nSPS) is 12.3. The van der Waals surface area contributed by atoms with E-state index in [4.69, 9.17) is 5.11 Å². The van der Waals surface area contributed by atoms with Gasteiger partial charge in [-0.05, 0) is 49.6 Å². The molecule has 0 bridgehead atoms. The third-order valence-corrected chi connectivity index (χ3v) is 4.90. The molecule has 0 radical (unpaired) electrons. The Labute approximate surface area is 172 Å². The highest BCUT2D eigenvalue weighted by Crippen LogP contribution is 2.22. The third kappa shape index (κ3) is 5.25. The van der Waals surface area contributed by atoms with Crippen LogP contribution in [-0.2, 0) is 11.3 Å². The number of hydrogen-bond acceptors (Lipinski definition) is 6. The second kappa shape index (κ2) is 9.55. The predicted molar refractivity (Wildman–Crippen MR) is 110 cm³/mol. The molecule has 1 aromatic carbocycles. The van der Waals surface area contributed by atoms with Crippen LogP contribution in [0.5, 0.6) is 0 Å². The molecule has 3 aromatic rings. The van der Waals surface area contributed by atoms with E-state index in [1.807, 2.05) is 30.3 Å². The lowest BCUT2D eigenvalue weighted by Crippen LogP contribution is -2.39. The van der Waals surface area contributed by atoms with E-state index < -0.39 is 23.9 Å². The fraction of sp³-hybridized carbons (Fsp3) is 0.333. The number of aliphatic hydroxyl groups excluding tert-OH is 1. The lowest BCUT2D eigenvalue weighted by Gasteiger charge is -2.27. The van der Waals surface area contributed by atoms with E-state index in [2.05, 4.69) is 10.2 Å². The summed E-state index contributed by atoms with van der Waals surface area (Å²) in [5.41, 5.74) is 1.00. The monoisotopic (exact) mass is 416 g/mol. The Morgan fingerprint density at radius 3 is 2.27 bits per heavy atom. The van der Waals surface area contributed by atoms with E-state index in [0.29, 0.717) is 0 Å². The maximum atomic E-state index is 12.5. The Kier molecular flexibility index (Phi) is 7.36. The Bertz CT molecular complexity index is 1020. The number of aliphatic hydroxyl groups is 2. The van der Waals surface area contributed by atoms with Gasteiger partial charge in [0.2, 0.25) is 0 Å². The molecule has 9 heteroatoms. The zero-order chi connectivity index (χ0) is 21.0. The van der Waals surface area contributed by atoms with Crippen molar-refractivity contribution >= 4 is 5.78 Å². The van der Waals surface area contributed by atoms with E-state index >= 15 is 0 Å². The summed E-state index contributed by atoms with van der Waals surface area (Å²) in [6.07, 6.45) is 5.13. The van der Waals surface area contributed by atoms with Crippen molar-refractivity contribution in [2.24, 2.45) is 5.92 Å². The number of hydrogen-bond donors (Lipinski definition) is 2. The highest BCUT2D eigenvalue weighted by molar-refractivity contribution is 5.83. The summed E-state index contributed by atoms with van der Waals surface area (Å²) in [5, 5.41) is 27.5. The van der Waals surface area contributed by atoms with Crippen LogP contribution in [0.25, 0.3) is 16.8 Å². The van der Waals surface area contributed by atoms with Gasteiger partial charge in [0.05, 0.1) is 29.6 Å². The molecule has 0 amide bonds. The lowest BCUT2D eigenvalue weighted by molar-refractivity contribution is -0.133. The van der Waals surface area contributed by atoms with Gasteiger partial charge in [0, 0.05) is 18.8 Å². The molecule has 3 rings (SSSR count). The number of aromatic nitrogens is 4. The van der Waals surface area contributed by atoms with Crippen LogP contribution in [-0.4, -0.2) is 47.8 Å². The van der Waals surface area contributed by atoms with Crippen LogP contribution in [0.3, 0.4) is 0 Å². The number of Topliss-reactive ketones (excluding diaryl/α,β-unsaturated/α-hetero) is 1. The van der Waals surface area contributed by atoms with E-state index in [-0.39, 0.29) is 23.2 Å². The zero-order valence-corrected chi connectivity index (χ0v) is 16.8. The number of carbonyl (C=O) groups excluding carboxylic acids is 1. The number of benzene rings is 1. The van der Waals surface area contributed by atoms with Gasteiger partial charge in [0.1, 0.15) is 6.61 Å². The SMILES string of the molecule is CC(C)(O)C(CCn1ccc(-c2ccc(-n3nccn3)cc2)cc1=O)C(=O)CO.F. The van der Waals surface area contributed by atoms with Gasteiger partial charge < -0.3 is 14.8 Å². The molecule has 2 N–H and O–H groups in total. The van der Waals surface area contributed by atoms with Crippen molar-refractivity contribution in [2.75, 3.05) is 6.61 Å². The van der Waals surface area contributed by atoms with Crippen LogP contribution >= 0.6 is 0 Å². The number of ketones is 1. The van der Waals surface area contributed by atoms with Crippen molar-refractivity contribution in [3.63, 3.8) is 0 Å². The predicted octanol–water partition coefficient (Wildman–Crippen LogP) is 1.59. The van der Waals surface area contributed by atoms with E-state index in [9.17, 15) is 14.7 Å². The van der Waals surface area contributed by atoms with E-state index in [0.717, 1.165) is 16.8 Å². The van der Waals surface area contributed by atoms with Crippen LogP contribution in [0.4, 0.5) is 4.70 Å². The topological polar surface area (TPSA) is 110 Å². The number of carbonyl (C=O) groups is 1. The molecule has 0 spiro atoms. The van der Waals surface area contributed by atoms with Gasteiger partial charge in [-0.3, -0.25) is 14.3 Å². The van der Waals surface area contributed by atoms with Crippen molar-refractivity contribution in [3.05, 3.63) is 65.3 Å². The molecule has 0 aliphatic rings. The fourth-order valence-corrected chi connectivity index (χ4v) is 3.29. The molecule has 30 heavy (non-hydrogen) atoms. The Hall–Kier alpha value is -3.17. The molecule has 0 aliphatic carbocycles. The summed E-state index contributed by atoms with van der Waals surface area (Å²) in [5.74, 6) is -1.18. The summed E-state index contributed by atoms with van der Waals surface area (Å²) in [4.78, 5) is 25.9. The minimum absolute atomic E-state index is 0. The molecule has 0 aliphatic heterocycles. The quantitative estimate of drug-likeness (QED) is 0.577. The van der Waals surface area contributed by atoms with Gasteiger partial charge in [-0.1, -0.05) is 12.1 Å². The first-order chi connectivity index (χ1) is 13.8. The second-order valence-electron chi connectivity index (χ2n) is 7.43. The van der Waals surface area contributed by atoms with Crippen molar-refractivity contribution in [3.8, 4) is 16.8 Å². The van der Waals surface area contributed by atoms with Crippen molar-refractivity contribution < 1.29 is 19.7 Å². The molecule has 8 nitrogen and oxygen atoms in total. The minimum Gasteiger partial charge on any atom is -0.390 e. The Morgan fingerprint density at radius 2 is 1.73 bits per heavy atom. The molecule has 0 saturated carbocycles. The molecular formula is C21H25FN4O4. The zero-order valence-electron chi connectivity index (χ0n) is 16.8. The van der Waals surface area contributed by atoms with Gasteiger partial charge in [0.25, 0.3) is 5.56 Å². The van der Waals surface area contributed by atoms with Crippen LogP contribution in [0.15, 0.2) is 59.8 Å². The average molecular weight is 416 g/mol. The van der Waals surface area contributed by atoms with Crippen molar-refractivity contribution in [2.45, 2.75) is 32.4 Å². The summed E-state index contributed by atoms with van der Waals surface area (Å²) in [6.45, 7) is 2.69. The maximum absolute atomic E-state index is 12.5. The smallest absolute Gasteiger partial charge is 0.251 e. The Balaban J connectivity index is 0.00000320. The Morgan fingerprint density at radius 1 is 1.10 bits per heavy atom. The van der Waals surface area contributed by atoms with Gasteiger partial charge in [0.15, 0.2) is 5.78 Å². The number of halogens is 1. The van der Waals surface area contributed by atoms with Gasteiger partial charge >= 0.3 is 0 Å². The molecule has 2 aromatic heterocycles. The summed E-state index contributed by atoms with van der Waals surface area (Å²) in [7, 11) is 0. The van der Waals surface area contributed by atoms with Crippen LogP contribution in [0, 0.1) is 5.92 Å². The number of aryl methyl sites for hydroxylation is 1. The fourth-order valence-electron chi connectivity index (χ4n) is 3.29. The van der Waals surface area contributed by atoms with E-state index in [1.165, 1.54) is 29.3 Å². The summed E-state index contributed by atoms with van der Waals surface area (Å²) >= 11 is 0. The molecule has 2 heterocycles. The highest BCUT2D eigenvalue weighted by atomic mass is 19.0. The first-order valence-electron chi connectivity index (χ1n) is 9.33. The van der Waals surface area contributed by atoms with Crippen LogP contribution in [0.1, 0.15) is 20.3 Å².